The molecule has 154 valence electrons. The predicted molar refractivity (Wildman–Crippen MR) is 113 cm³/mol. The maximum Gasteiger partial charge on any atom is 0.494 e. The summed E-state index contributed by atoms with van der Waals surface area (Å²) in [5.74, 6) is -0.288. The van der Waals surface area contributed by atoms with Crippen LogP contribution in [-0.2, 0) is 20.6 Å². The van der Waals surface area contributed by atoms with Gasteiger partial charge in [-0.25, -0.2) is 0 Å². The fraction of sp³-hybridized carbons (Fsp3) is 0.476. The Kier molecular flexibility index (Phi) is 5.45. The van der Waals surface area contributed by atoms with Crippen molar-refractivity contribution in [2.24, 2.45) is 0 Å². The van der Waals surface area contributed by atoms with Gasteiger partial charge in [0.15, 0.2) is 5.78 Å². The van der Waals surface area contributed by atoms with Crippen molar-refractivity contribution in [1.82, 2.24) is 9.78 Å². The second-order valence-corrected chi connectivity index (χ2v) is 8.57. The van der Waals surface area contributed by atoms with Gasteiger partial charge in [0.1, 0.15) is 12.2 Å². The van der Waals surface area contributed by atoms with Crippen LogP contribution < -0.4 is 10.4 Å². The fourth-order valence-electron chi connectivity index (χ4n) is 3.31. The van der Waals surface area contributed by atoms with Gasteiger partial charge in [-0.2, -0.15) is 5.10 Å². The molecule has 0 spiro atoms. The number of hydrogen-bond acceptors (Lipinski definition) is 5. The molecule has 0 radical (unpaired) electrons. The number of amides is 1. The minimum atomic E-state index is -0.453. The molecule has 0 saturated carbocycles. The standard InChI is InChI=1S/C21H28BN3O4/c1-14-12-16(22-28-20(3,4)21(5,6)29-22)8-9-17(14)24(7)19(27)18-10-11-23-25(18)13-15(2)26/h8-12H,13H2,1-7H3. The SMILES string of the molecule is CC(=O)Cn1nccc1C(=O)N(C)c1ccc(B2OC(C)(C)C(C)(C)O2)cc1C. The first-order valence-electron chi connectivity index (χ1n) is 9.68. The molecule has 2 heterocycles. The molecule has 3 rings (SSSR count). The average molecular weight is 397 g/mol. The molecule has 1 aliphatic heterocycles. The van der Waals surface area contributed by atoms with Gasteiger partial charge in [0.05, 0.1) is 11.2 Å². The topological polar surface area (TPSA) is 73.7 Å². The second kappa shape index (κ2) is 7.42. The van der Waals surface area contributed by atoms with Gasteiger partial charge in [0.25, 0.3) is 5.91 Å². The Labute approximate surface area is 172 Å². The summed E-state index contributed by atoms with van der Waals surface area (Å²) < 4.78 is 13.7. The van der Waals surface area contributed by atoms with Gasteiger partial charge in [-0.15, -0.1) is 0 Å². The number of aromatic nitrogens is 2. The van der Waals surface area contributed by atoms with Crippen LogP contribution in [0.3, 0.4) is 0 Å². The lowest BCUT2D eigenvalue weighted by molar-refractivity contribution is -0.117. The highest BCUT2D eigenvalue weighted by atomic mass is 16.7. The molecule has 1 fully saturated rings. The number of carbonyl (C=O) groups is 2. The number of aryl methyl sites for hydroxylation is 1. The molecule has 1 aromatic carbocycles. The third kappa shape index (κ3) is 4.00. The highest BCUT2D eigenvalue weighted by molar-refractivity contribution is 6.62. The zero-order chi connectivity index (χ0) is 21.6. The summed E-state index contributed by atoms with van der Waals surface area (Å²) in [5.41, 5.74) is 2.15. The molecule has 0 aliphatic carbocycles. The number of anilines is 1. The minimum absolute atomic E-state index is 0.0617. The Morgan fingerprint density at radius 1 is 1.14 bits per heavy atom. The molecule has 1 saturated heterocycles. The summed E-state index contributed by atoms with van der Waals surface area (Å²) in [7, 11) is 1.26. The third-order valence-corrected chi connectivity index (χ3v) is 5.72. The zero-order valence-corrected chi connectivity index (χ0v) is 18.1. The number of benzene rings is 1. The van der Waals surface area contributed by atoms with Gasteiger partial charge < -0.3 is 14.2 Å². The molecule has 0 bridgehead atoms. The third-order valence-electron chi connectivity index (χ3n) is 5.72. The van der Waals surface area contributed by atoms with Crippen molar-refractivity contribution in [2.75, 3.05) is 11.9 Å². The van der Waals surface area contributed by atoms with Crippen LogP contribution in [0.15, 0.2) is 30.5 Å². The van der Waals surface area contributed by atoms with Crippen LogP contribution in [0.25, 0.3) is 0 Å². The quantitative estimate of drug-likeness (QED) is 0.725. The van der Waals surface area contributed by atoms with E-state index in [0.717, 1.165) is 16.7 Å². The van der Waals surface area contributed by atoms with Gasteiger partial charge in [0.2, 0.25) is 0 Å². The van der Waals surface area contributed by atoms with Crippen molar-refractivity contribution in [3.63, 3.8) is 0 Å². The number of nitrogens with zero attached hydrogens (tertiary/aromatic N) is 3. The Hall–Kier alpha value is -2.45. The van der Waals surface area contributed by atoms with Crippen LogP contribution >= 0.6 is 0 Å². The summed E-state index contributed by atoms with van der Waals surface area (Å²) in [6.45, 7) is 11.6. The van der Waals surface area contributed by atoms with Crippen LogP contribution in [0.5, 0.6) is 0 Å². The Morgan fingerprint density at radius 3 is 2.31 bits per heavy atom. The van der Waals surface area contributed by atoms with E-state index in [9.17, 15) is 9.59 Å². The maximum atomic E-state index is 13.0. The predicted octanol–water partition coefficient (Wildman–Crippen LogP) is 2.36. The first-order valence-corrected chi connectivity index (χ1v) is 9.68. The molecule has 8 heteroatoms. The van der Waals surface area contributed by atoms with Crippen LogP contribution in [-0.4, -0.2) is 46.8 Å². The number of ketones is 1. The number of rotatable bonds is 5. The lowest BCUT2D eigenvalue weighted by atomic mass is 9.78. The molecule has 1 aliphatic rings. The molecular formula is C21H28BN3O4. The first-order chi connectivity index (χ1) is 13.4. The molecule has 1 amide bonds. The molecule has 2 aromatic rings. The Morgan fingerprint density at radius 2 is 1.76 bits per heavy atom. The zero-order valence-electron chi connectivity index (χ0n) is 18.1. The van der Waals surface area contributed by atoms with Gasteiger partial charge >= 0.3 is 7.12 Å². The normalized spacial score (nSPS) is 17.4. The lowest BCUT2D eigenvalue weighted by Crippen LogP contribution is -2.41. The highest BCUT2D eigenvalue weighted by Gasteiger charge is 2.51. The van der Waals surface area contributed by atoms with Gasteiger partial charge in [-0.1, -0.05) is 12.1 Å². The van der Waals surface area contributed by atoms with Crippen LogP contribution in [0.2, 0.25) is 0 Å². The number of hydrogen-bond donors (Lipinski definition) is 0. The monoisotopic (exact) mass is 397 g/mol. The van der Waals surface area contributed by atoms with Crippen LogP contribution in [0, 0.1) is 6.92 Å². The smallest absolute Gasteiger partial charge is 0.399 e. The van der Waals surface area contributed by atoms with Gasteiger partial charge in [-0.3, -0.25) is 14.3 Å². The molecule has 0 unspecified atom stereocenters. The van der Waals surface area contributed by atoms with Crippen molar-refractivity contribution in [2.45, 2.75) is 59.3 Å². The number of carbonyl (C=O) groups excluding carboxylic acids is 2. The second-order valence-electron chi connectivity index (χ2n) is 8.57. The maximum absolute atomic E-state index is 13.0. The Bertz CT molecular complexity index is 935. The highest BCUT2D eigenvalue weighted by Crippen LogP contribution is 2.36. The van der Waals surface area contributed by atoms with Gasteiger partial charge in [0, 0.05) is 18.9 Å². The van der Waals surface area contributed by atoms with E-state index < -0.39 is 18.3 Å². The van der Waals surface area contributed by atoms with Crippen molar-refractivity contribution in [3.8, 4) is 0 Å². The van der Waals surface area contributed by atoms with E-state index in [-0.39, 0.29) is 18.2 Å². The van der Waals surface area contributed by atoms with E-state index in [1.807, 2.05) is 52.8 Å². The van der Waals surface area contributed by atoms with Crippen LogP contribution in [0.4, 0.5) is 5.69 Å². The minimum Gasteiger partial charge on any atom is -0.399 e. The van der Waals surface area contributed by atoms with E-state index in [1.54, 1.807) is 18.0 Å². The molecular weight excluding hydrogens is 369 g/mol. The van der Waals surface area contributed by atoms with E-state index in [2.05, 4.69) is 5.10 Å². The largest absolute Gasteiger partial charge is 0.494 e. The molecule has 1 aromatic heterocycles. The van der Waals surface area contributed by atoms with Gasteiger partial charge in [-0.05, 0) is 64.7 Å². The summed E-state index contributed by atoms with van der Waals surface area (Å²) in [6, 6.07) is 7.41. The van der Waals surface area contributed by atoms with Crippen molar-refractivity contribution < 1.29 is 18.9 Å². The van der Waals surface area contributed by atoms with E-state index in [1.165, 1.54) is 17.8 Å². The van der Waals surface area contributed by atoms with Crippen LogP contribution in [0.1, 0.15) is 50.7 Å². The first kappa shape index (κ1) is 21.3. The van der Waals surface area contributed by atoms with Crippen molar-refractivity contribution >= 4 is 30.0 Å². The summed E-state index contributed by atoms with van der Waals surface area (Å²) in [5, 5.41) is 4.08. The molecule has 7 nitrogen and oxygen atoms in total. The average Bonchev–Trinajstić information content (AvgIpc) is 3.14. The van der Waals surface area contributed by atoms with E-state index >= 15 is 0 Å². The molecule has 29 heavy (non-hydrogen) atoms. The number of Topliss-reactive ketones (excluding diaryl/α,β-unsaturated/α-hetero) is 1. The Balaban J connectivity index is 1.83. The van der Waals surface area contributed by atoms with Crippen molar-refractivity contribution in [3.05, 3.63) is 41.7 Å². The summed E-state index contributed by atoms with van der Waals surface area (Å²) in [6.07, 6.45) is 1.53. The lowest BCUT2D eigenvalue weighted by Gasteiger charge is -2.32. The summed E-state index contributed by atoms with van der Waals surface area (Å²) >= 11 is 0. The van der Waals surface area contributed by atoms with E-state index in [0.29, 0.717) is 5.69 Å². The van der Waals surface area contributed by atoms with E-state index in [4.69, 9.17) is 9.31 Å². The summed E-state index contributed by atoms with van der Waals surface area (Å²) in [4.78, 5) is 26.0. The molecule has 0 N–H and O–H groups in total. The molecule has 0 atom stereocenters. The fourth-order valence-corrected chi connectivity index (χ4v) is 3.31. The van der Waals surface area contributed by atoms with Crippen molar-refractivity contribution in [1.29, 1.82) is 0 Å².